The van der Waals surface area contributed by atoms with E-state index in [4.69, 9.17) is 0 Å². The first kappa shape index (κ1) is 13.8. The quantitative estimate of drug-likeness (QED) is 0.747. The van der Waals surface area contributed by atoms with Crippen LogP contribution in [0.25, 0.3) is 0 Å². The van der Waals surface area contributed by atoms with Crippen molar-refractivity contribution in [3.05, 3.63) is 0 Å². The summed E-state index contributed by atoms with van der Waals surface area (Å²) >= 11 is 0. The number of likely N-dealkylation sites (N-methyl/N-ethyl adjacent to an activating group) is 1. The van der Waals surface area contributed by atoms with E-state index in [1.807, 2.05) is 18.9 Å². The van der Waals surface area contributed by atoms with Crippen molar-refractivity contribution in [1.29, 1.82) is 0 Å². The molecule has 18 heavy (non-hydrogen) atoms. The summed E-state index contributed by atoms with van der Waals surface area (Å²) in [7, 11) is 1.92. The lowest BCUT2D eigenvalue weighted by Gasteiger charge is -2.27. The molecule has 2 aliphatic rings. The summed E-state index contributed by atoms with van der Waals surface area (Å²) in [5.41, 5.74) is 0. The summed E-state index contributed by atoms with van der Waals surface area (Å²) in [6.45, 7) is 2.52. The topological polar surface area (TPSA) is 52.6 Å². The third-order valence-corrected chi connectivity index (χ3v) is 4.38. The monoisotopic (exact) mass is 254 g/mol. The summed E-state index contributed by atoms with van der Waals surface area (Å²) in [4.78, 5) is 14.0. The first-order valence-electron chi connectivity index (χ1n) is 7.26. The first-order chi connectivity index (χ1) is 8.58. The smallest absolute Gasteiger partial charge is 0.237 e. The summed E-state index contributed by atoms with van der Waals surface area (Å²) in [5, 5.41) is 13.0. The highest BCUT2D eigenvalue weighted by molar-refractivity contribution is 5.81. The third kappa shape index (κ3) is 3.69. The second-order valence-electron chi connectivity index (χ2n) is 6.01. The van der Waals surface area contributed by atoms with E-state index < -0.39 is 0 Å². The molecule has 0 saturated heterocycles. The number of hydrogen-bond donors (Lipinski definition) is 2. The summed E-state index contributed by atoms with van der Waals surface area (Å²) in [5.74, 6) is 0.574. The maximum absolute atomic E-state index is 12.1. The summed E-state index contributed by atoms with van der Waals surface area (Å²) in [6, 6.07) is 0.223. The predicted octanol–water partition coefficient (Wildman–Crippen LogP) is 1.14. The normalized spacial score (nSPS) is 24.2. The number of carbonyl (C=O) groups is 1. The van der Waals surface area contributed by atoms with Crippen molar-refractivity contribution in [3.63, 3.8) is 0 Å². The Bertz CT molecular complexity index is 286. The molecule has 2 fully saturated rings. The fourth-order valence-corrected chi connectivity index (χ4v) is 2.68. The average Bonchev–Trinajstić information content (AvgIpc) is 3.08. The van der Waals surface area contributed by atoms with E-state index in [2.05, 4.69) is 5.32 Å². The van der Waals surface area contributed by atoms with E-state index in [0.29, 0.717) is 18.5 Å². The zero-order chi connectivity index (χ0) is 13.1. The van der Waals surface area contributed by atoms with Gasteiger partial charge in [-0.15, -0.1) is 0 Å². The highest BCUT2D eigenvalue weighted by Crippen LogP contribution is 2.32. The van der Waals surface area contributed by atoms with E-state index in [1.54, 1.807) is 0 Å². The fraction of sp³-hybridized carbons (Fsp3) is 0.929. The summed E-state index contributed by atoms with van der Waals surface area (Å²) < 4.78 is 0. The van der Waals surface area contributed by atoms with Crippen LogP contribution in [0.3, 0.4) is 0 Å². The molecule has 2 N–H and O–H groups in total. The Morgan fingerprint density at radius 2 is 1.94 bits per heavy atom. The van der Waals surface area contributed by atoms with Gasteiger partial charge in [-0.1, -0.05) is 12.8 Å². The van der Waals surface area contributed by atoms with E-state index in [0.717, 1.165) is 25.7 Å². The van der Waals surface area contributed by atoms with Crippen molar-refractivity contribution in [2.24, 2.45) is 5.92 Å². The highest BCUT2D eigenvalue weighted by Gasteiger charge is 2.32. The molecule has 4 nitrogen and oxygen atoms in total. The van der Waals surface area contributed by atoms with Gasteiger partial charge in [0.1, 0.15) is 0 Å². The van der Waals surface area contributed by atoms with Gasteiger partial charge in [-0.3, -0.25) is 9.69 Å². The van der Waals surface area contributed by atoms with Gasteiger partial charge in [0.05, 0.1) is 12.1 Å². The minimum Gasteiger partial charge on any atom is -0.392 e. The van der Waals surface area contributed by atoms with Crippen LogP contribution in [-0.4, -0.2) is 47.7 Å². The van der Waals surface area contributed by atoms with Gasteiger partial charge in [0.25, 0.3) is 0 Å². The van der Waals surface area contributed by atoms with Crippen LogP contribution in [0.4, 0.5) is 0 Å². The molecule has 0 aromatic carbocycles. The number of carbonyl (C=O) groups excluding carboxylic acids is 1. The SMILES string of the molecule is CC(C(=O)NC1CCCC1)N(C)CC(O)C1CC1. The maximum Gasteiger partial charge on any atom is 0.237 e. The Kier molecular flexibility index (Phi) is 4.62. The largest absolute Gasteiger partial charge is 0.392 e. The number of aliphatic hydroxyl groups excluding tert-OH is 1. The molecule has 4 heteroatoms. The van der Waals surface area contributed by atoms with Crippen molar-refractivity contribution < 1.29 is 9.90 Å². The van der Waals surface area contributed by atoms with Crippen molar-refractivity contribution in [1.82, 2.24) is 10.2 Å². The molecule has 2 rings (SSSR count). The van der Waals surface area contributed by atoms with Gasteiger partial charge in [-0.05, 0) is 45.6 Å². The van der Waals surface area contributed by atoms with Crippen LogP contribution in [-0.2, 0) is 4.79 Å². The lowest BCUT2D eigenvalue weighted by Crippen LogP contribution is -2.48. The molecule has 2 saturated carbocycles. The minimum atomic E-state index is -0.267. The van der Waals surface area contributed by atoms with Crippen molar-refractivity contribution in [3.8, 4) is 0 Å². The highest BCUT2D eigenvalue weighted by atomic mass is 16.3. The Hall–Kier alpha value is -0.610. The predicted molar refractivity (Wildman–Crippen MR) is 71.2 cm³/mol. The Balaban J connectivity index is 1.73. The van der Waals surface area contributed by atoms with Gasteiger partial charge < -0.3 is 10.4 Å². The molecule has 2 aliphatic carbocycles. The van der Waals surface area contributed by atoms with Crippen LogP contribution < -0.4 is 5.32 Å². The molecule has 104 valence electrons. The minimum absolute atomic E-state index is 0.104. The molecular formula is C14H26N2O2. The molecule has 0 aromatic rings. The lowest BCUT2D eigenvalue weighted by molar-refractivity contribution is -0.126. The zero-order valence-corrected chi connectivity index (χ0v) is 11.6. The average molecular weight is 254 g/mol. The molecule has 0 aromatic heterocycles. The standard InChI is InChI=1S/C14H26N2O2/c1-10(14(18)15-12-5-3-4-6-12)16(2)9-13(17)11-7-8-11/h10-13,17H,3-9H2,1-2H3,(H,15,18). The molecule has 0 spiro atoms. The Morgan fingerprint density at radius 3 is 2.50 bits per heavy atom. The van der Waals surface area contributed by atoms with Crippen LogP contribution in [0.5, 0.6) is 0 Å². The first-order valence-corrected chi connectivity index (χ1v) is 7.26. The van der Waals surface area contributed by atoms with Gasteiger partial charge >= 0.3 is 0 Å². The zero-order valence-electron chi connectivity index (χ0n) is 11.6. The molecule has 0 bridgehead atoms. The van der Waals surface area contributed by atoms with Crippen molar-refractivity contribution in [2.45, 2.75) is 63.6 Å². The number of nitrogens with zero attached hydrogens (tertiary/aromatic N) is 1. The van der Waals surface area contributed by atoms with Crippen LogP contribution >= 0.6 is 0 Å². The Morgan fingerprint density at radius 1 is 1.33 bits per heavy atom. The maximum atomic E-state index is 12.1. The fourth-order valence-electron chi connectivity index (χ4n) is 2.68. The molecule has 0 aliphatic heterocycles. The van der Waals surface area contributed by atoms with E-state index in [9.17, 15) is 9.90 Å². The molecular weight excluding hydrogens is 228 g/mol. The molecule has 2 unspecified atom stereocenters. The van der Waals surface area contributed by atoms with Gasteiger partial charge in [-0.25, -0.2) is 0 Å². The van der Waals surface area contributed by atoms with Crippen LogP contribution in [0.1, 0.15) is 45.4 Å². The summed E-state index contributed by atoms with van der Waals surface area (Å²) in [6.07, 6.45) is 6.71. The van der Waals surface area contributed by atoms with Crippen LogP contribution in [0.2, 0.25) is 0 Å². The van der Waals surface area contributed by atoms with E-state index in [-0.39, 0.29) is 18.1 Å². The number of aliphatic hydroxyl groups is 1. The van der Waals surface area contributed by atoms with Gasteiger partial charge in [0, 0.05) is 12.6 Å². The Labute approximate surface area is 110 Å². The second kappa shape index (κ2) is 6.02. The van der Waals surface area contributed by atoms with Crippen molar-refractivity contribution in [2.75, 3.05) is 13.6 Å². The number of rotatable bonds is 6. The van der Waals surface area contributed by atoms with Gasteiger partial charge in [0.2, 0.25) is 5.91 Å². The van der Waals surface area contributed by atoms with Gasteiger partial charge in [-0.2, -0.15) is 0 Å². The molecule has 0 radical (unpaired) electrons. The van der Waals surface area contributed by atoms with E-state index in [1.165, 1.54) is 12.8 Å². The van der Waals surface area contributed by atoms with E-state index >= 15 is 0 Å². The van der Waals surface area contributed by atoms with Crippen LogP contribution in [0, 0.1) is 5.92 Å². The van der Waals surface area contributed by atoms with Crippen molar-refractivity contribution >= 4 is 5.91 Å². The molecule has 0 heterocycles. The second-order valence-corrected chi connectivity index (χ2v) is 6.01. The number of amides is 1. The third-order valence-electron chi connectivity index (χ3n) is 4.38. The molecule has 1 amide bonds. The molecule has 2 atom stereocenters. The lowest BCUT2D eigenvalue weighted by atomic mass is 10.1. The van der Waals surface area contributed by atoms with Gasteiger partial charge in [0.15, 0.2) is 0 Å². The van der Waals surface area contributed by atoms with Crippen LogP contribution in [0.15, 0.2) is 0 Å². The number of hydrogen-bond acceptors (Lipinski definition) is 3. The number of nitrogens with one attached hydrogen (secondary N) is 1.